The maximum Gasteiger partial charge on any atom is 0.314 e. The SMILES string of the molecule is C=C(C)C1(O)CC(C(=O)O)(c2cc(F)c(CN3[C@@H](C)CC[C@H](c4ccccc4)S3(O)O)cc2F)C1. The van der Waals surface area contributed by atoms with Gasteiger partial charge in [-0.1, -0.05) is 36.9 Å². The Morgan fingerprint density at radius 1 is 1.14 bits per heavy atom. The summed E-state index contributed by atoms with van der Waals surface area (Å²) in [7, 11) is -3.36. The fraction of sp³-hybridized carbons (Fsp3) is 0.423. The lowest BCUT2D eigenvalue weighted by Gasteiger charge is -2.54. The van der Waals surface area contributed by atoms with Gasteiger partial charge >= 0.3 is 5.97 Å². The minimum Gasteiger partial charge on any atom is -0.481 e. The molecule has 190 valence electrons. The first-order valence-electron chi connectivity index (χ1n) is 11.5. The minimum absolute atomic E-state index is 0.0955. The van der Waals surface area contributed by atoms with Crippen molar-refractivity contribution in [2.75, 3.05) is 0 Å². The van der Waals surface area contributed by atoms with Gasteiger partial charge in [0.2, 0.25) is 0 Å². The Morgan fingerprint density at radius 2 is 1.77 bits per heavy atom. The van der Waals surface area contributed by atoms with Crippen LogP contribution in [0.2, 0.25) is 0 Å². The highest BCUT2D eigenvalue weighted by Gasteiger charge is 2.61. The molecule has 9 heteroatoms. The summed E-state index contributed by atoms with van der Waals surface area (Å²) in [6.45, 7) is 6.80. The predicted octanol–water partition coefficient (Wildman–Crippen LogP) is 5.78. The van der Waals surface area contributed by atoms with Gasteiger partial charge in [0.25, 0.3) is 0 Å². The Balaban J connectivity index is 1.65. The molecule has 1 saturated heterocycles. The molecule has 0 bridgehead atoms. The van der Waals surface area contributed by atoms with Crippen molar-refractivity contribution in [1.29, 1.82) is 0 Å². The monoisotopic (exact) mass is 507 g/mol. The predicted molar refractivity (Wildman–Crippen MR) is 131 cm³/mol. The number of aliphatic hydroxyl groups is 1. The minimum atomic E-state index is -3.36. The quantitative estimate of drug-likeness (QED) is 0.370. The van der Waals surface area contributed by atoms with E-state index in [1.54, 1.807) is 6.92 Å². The smallest absolute Gasteiger partial charge is 0.314 e. The summed E-state index contributed by atoms with van der Waals surface area (Å²) < 4.78 is 54.3. The fourth-order valence-electron chi connectivity index (χ4n) is 5.34. The standard InChI is InChI=1S/C26H31F2NO5S/c1-16(2)26(32)14-25(15-26,24(30)31)20-12-21(27)19(11-22(20)28)13-29-17(3)9-10-23(35(29,33)34)18-7-5-4-6-8-18/h4-8,11-12,17,23,32-34H,1,9-10,13-15H2,2-3H3,(H,30,31)/t17-,23+,25?,26?/m0/s1. The molecule has 4 rings (SSSR count). The van der Waals surface area contributed by atoms with Gasteiger partial charge in [0.15, 0.2) is 0 Å². The molecule has 2 aromatic rings. The molecule has 1 aliphatic carbocycles. The fourth-order valence-corrected chi connectivity index (χ4v) is 7.61. The van der Waals surface area contributed by atoms with E-state index in [0.29, 0.717) is 18.4 Å². The molecule has 2 aliphatic rings. The molecular formula is C26H31F2NO5S. The van der Waals surface area contributed by atoms with E-state index in [1.807, 2.05) is 37.3 Å². The van der Waals surface area contributed by atoms with Crippen molar-refractivity contribution in [3.05, 3.63) is 82.9 Å². The average molecular weight is 508 g/mol. The molecule has 1 heterocycles. The molecule has 0 aromatic heterocycles. The number of carboxylic acid groups (broad SMARTS) is 1. The van der Waals surface area contributed by atoms with Crippen LogP contribution in [0.5, 0.6) is 0 Å². The van der Waals surface area contributed by atoms with E-state index in [-0.39, 0.29) is 36.6 Å². The van der Waals surface area contributed by atoms with Gasteiger partial charge in [0, 0.05) is 36.6 Å². The maximum atomic E-state index is 15.3. The topological polar surface area (TPSA) is 101 Å². The van der Waals surface area contributed by atoms with Gasteiger partial charge in [-0.25, -0.2) is 8.78 Å². The maximum absolute atomic E-state index is 15.3. The van der Waals surface area contributed by atoms with Crippen molar-refractivity contribution < 1.29 is 32.9 Å². The van der Waals surface area contributed by atoms with Crippen LogP contribution in [-0.4, -0.2) is 41.2 Å². The van der Waals surface area contributed by atoms with Crippen LogP contribution >= 0.6 is 10.8 Å². The number of hydrogen-bond acceptors (Lipinski definition) is 5. The van der Waals surface area contributed by atoms with Crippen LogP contribution in [0.15, 0.2) is 54.6 Å². The van der Waals surface area contributed by atoms with Gasteiger partial charge in [-0.05, 0) is 50.0 Å². The van der Waals surface area contributed by atoms with E-state index in [4.69, 9.17) is 0 Å². The molecule has 2 atom stereocenters. The van der Waals surface area contributed by atoms with E-state index in [9.17, 15) is 24.1 Å². The number of carbonyl (C=O) groups is 1. The Labute approximate surface area is 205 Å². The first-order valence-corrected chi connectivity index (χ1v) is 13.1. The summed E-state index contributed by atoms with van der Waals surface area (Å²) >= 11 is 0. The number of rotatable bonds is 6. The zero-order valence-corrected chi connectivity index (χ0v) is 20.6. The summed E-state index contributed by atoms with van der Waals surface area (Å²) in [5.74, 6) is -3.09. The molecule has 1 aliphatic heterocycles. The zero-order chi connectivity index (χ0) is 25.8. The first-order chi connectivity index (χ1) is 16.3. The summed E-state index contributed by atoms with van der Waals surface area (Å²) in [5.41, 5.74) is -2.52. The van der Waals surface area contributed by atoms with E-state index in [0.717, 1.165) is 17.7 Å². The molecule has 0 amide bonds. The number of aliphatic carboxylic acids is 1. The van der Waals surface area contributed by atoms with Crippen LogP contribution in [-0.2, 0) is 16.8 Å². The molecule has 4 N–H and O–H groups in total. The van der Waals surface area contributed by atoms with Crippen LogP contribution in [0.25, 0.3) is 0 Å². The lowest BCUT2D eigenvalue weighted by atomic mass is 9.54. The van der Waals surface area contributed by atoms with Crippen molar-refractivity contribution in [3.8, 4) is 0 Å². The lowest BCUT2D eigenvalue weighted by molar-refractivity contribution is -0.160. The van der Waals surface area contributed by atoms with Crippen LogP contribution in [0.4, 0.5) is 8.78 Å². The second-order valence-electron chi connectivity index (χ2n) is 9.94. The van der Waals surface area contributed by atoms with Crippen molar-refractivity contribution in [1.82, 2.24) is 4.31 Å². The third-order valence-electron chi connectivity index (χ3n) is 7.61. The van der Waals surface area contributed by atoms with Crippen molar-refractivity contribution in [2.24, 2.45) is 0 Å². The van der Waals surface area contributed by atoms with E-state index < -0.39 is 44.6 Å². The van der Waals surface area contributed by atoms with Gasteiger partial charge in [0.1, 0.15) is 17.0 Å². The molecular weight excluding hydrogens is 476 g/mol. The van der Waals surface area contributed by atoms with E-state index in [2.05, 4.69) is 6.58 Å². The third-order valence-corrected chi connectivity index (χ3v) is 10.1. The first kappa shape index (κ1) is 25.8. The van der Waals surface area contributed by atoms with E-state index >= 15 is 8.78 Å². The van der Waals surface area contributed by atoms with Gasteiger partial charge < -0.3 is 10.2 Å². The largest absolute Gasteiger partial charge is 0.481 e. The number of hydrogen-bond donors (Lipinski definition) is 4. The third kappa shape index (κ3) is 4.29. The van der Waals surface area contributed by atoms with Crippen LogP contribution in [0.1, 0.15) is 61.5 Å². The Bertz CT molecular complexity index is 1150. The Kier molecular flexibility index (Phi) is 6.61. The second-order valence-corrected chi connectivity index (χ2v) is 12.1. The van der Waals surface area contributed by atoms with Crippen LogP contribution in [0.3, 0.4) is 0 Å². The average Bonchev–Trinajstić information content (AvgIpc) is 2.76. The highest BCUT2D eigenvalue weighted by atomic mass is 32.3. The Hall–Kier alpha value is -2.30. The second kappa shape index (κ2) is 8.97. The summed E-state index contributed by atoms with van der Waals surface area (Å²) in [5, 5.41) is 19.8. The molecule has 35 heavy (non-hydrogen) atoms. The van der Waals surface area contributed by atoms with Gasteiger partial charge in [-0.3, -0.25) is 13.9 Å². The summed E-state index contributed by atoms with van der Waals surface area (Å²) in [4.78, 5) is 12.1. The lowest BCUT2D eigenvalue weighted by Crippen LogP contribution is -2.59. The van der Waals surface area contributed by atoms with Crippen LogP contribution < -0.4 is 0 Å². The number of halogens is 2. The summed E-state index contributed by atoms with van der Waals surface area (Å²) in [6.07, 6.45) is 0.581. The highest BCUT2D eigenvalue weighted by molar-refractivity contribution is 8.22. The molecule has 0 radical (unpaired) electrons. The van der Waals surface area contributed by atoms with Crippen molar-refractivity contribution in [2.45, 2.75) is 68.4 Å². The molecule has 2 aromatic carbocycles. The number of carboxylic acids is 1. The van der Waals surface area contributed by atoms with Gasteiger partial charge in [-0.15, -0.1) is 10.8 Å². The van der Waals surface area contributed by atoms with Gasteiger partial charge in [0.05, 0.1) is 10.9 Å². The molecule has 1 saturated carbocycles. The molecule has 0 spiro atoms. The summed E-state index contributed by atoms with van der Waals surface area (Å²) in [6, 6.07) is 10.6. The van der Waals surface area contributed by atoms with Gasteiger partial charge in [-0.2, -0.15) is 4.31 Å². The highest BCUT2D eigenvalue weighted by Crippen LogP contribution is 2.63. The molecule has 6 nitrogen and oxygen atoms in total. The number of nitrogens with zero attached hydrogens (tertiary/aromatic N) is 1. The molecule has 2 fully saturated rings. The van der Waals surface area contributed by atoms with E-state index in [1.165, 1.54) is 4.31 Å². The zero-order valence-electron chi connectivity index (χ0n) is 19.7. The molecule has 0 unspecified atom stereocenters. The normalized spacial score (nSPS) is 31.4. The van der Waals surface area contributed by atoms with Crippen molar-refractivity contribution in [3.63, 3.8) is 0 Å². The number of benzene rings is 2. The van der Waals surface area contributed by atoms with Crippen LogP contribution in [0, 0.1) is 11.6 Å². The Morgan fingerprint density at radius 3 is 2.34 bits per heavy atom. The van der Waals surface area contributed by atoms with Crippen molar-refractivity contribution >= 4 is 16.7 Å².